The zero-order chi connectivity index (χ0) is 18.1. The van der Waals surface area contributed by atoms with E-state index in [4.69, 9.17) is 4.74 Å². The third-order valence-electron chi connectivity index (χ3n) is 3.61. The molecule has 0 atom stereocenters. The number of hydrogen-bond donors (Lipinski definition) is 3. The smallest absolute Gasteiger partial charge is 0.339 e. The van der Waals surface area contributed by atoms with E-state index in [0.717, 1.165) is 16.2 Å². The lowest BCUT2D eigenvalue weighted by Gasteiger charge is -2.30. The van der Waals surface area contributed by atoms with Crippen molar-refractivity contribution >= 4 is 34.1 Å². The molecule has 1 aliphatic heterocycles. The van der Waals surface area contributed by atoms with Gasteiger partial charge in [0.15, 0.2) is 0 Å². The van der Waals surface area contributed by atoms with Crippen LogP contribution < -0.4 is 10.6 Å². The molecular formula is C16H22N2O5S. The van der Waals surface area contributed by atoms with Gasteiger partial charge in [0, 0.05) is 17.8 Å². The largest absolute Gasteiger partial charge is 0.478 e. The van der Waals surface area contributed by atoms with Gasteiger partial charge in [0.1, 0.15) is 5.00 Å². The highest BCUT2D eigenvalue weighted by atomic mass is 32.1. The minimum absolute atomic E-state index is 0.0522. The van der Waals surface area contributed by atoms with Gasteiger partial charge in [-0.05, 0) is 25.3 Å². The molecule has 1 aromatic heterocycles. The fourth-order valence-corrected chi connectivity index (χ4v) is 3.52. The van der Waals surface area contributed by atoms with E-state index in [1.807, 2.05) is 27.7 Å². The van der Waals surface area contributed by atoms with Crippen LogP contribution in [0.4, 0.5) is 5.00 Å². The number of carbonyl (C=O) groups is 3. The second-order valence-corrected chi connectivity index (χ2v) is 7.90. The lowest BCUT2D eigenvalue weighted by atomic mass is 9.93. The molecule has 132 valence electrons. The second kappa shape index (κ2) is 6.90. The highest BCUT2D eigenvalue weighted by Gasteiger charge is 2.34. The second-order valence-electron chi connectivity index (χ2n) is 6.80. The Morgan fingerprint density at radius 2 is 1.96 bits per heavy atom. The summed E-state index contributed by atoms with van der Waals surface area (Å²) in [5, 5.41) is 14.6. The summed E-state index contributed by atoms with van der Waals surface area (Å²) in [6.45, 7) is 8.27. The maximum Gasteiger partial charge on any atom is 0.339 e. The van der Waals surface area contributed by atoms with Crippen molar-refractivity contribution in [2.45, 2.75) is 46.3 Å². The van der Waals surface area contributed by atoms with Crippen molar-refractivity contribution in [1.29, 1.82) is 0 Å². The van der Waals surface area contributed by atoms with E-state index in [-0.39, 0.29) is 16.5 Å². The predicted molar refractivity (Wildman–Crippen MR) is 90.3 cm³/mol. The van der Waals surface area contributed by atoms with Gasteiger partial charge in [-0.15, -0.1) is 11.3 Å². The van der Waals surface area contributed by atoms with Crippen molar-refractivity contribution in [2.24, 2.45) is 5.92 Å². The summed E-state index contributed by atoms with van der Waals surface area (Å²) in [7, 11) is 0. The third-order valence-corrected chi connectivity index (χ3v) is 4.73. The van der Waals surface area contributed by atoms with Crippen molar-refractivity contribution in [1.82, 2.24) is 5.32 Å². The molecule has 24 heavy (non-hydrogen) atoms. The van der Waals surface area contributed by atoms with Gasteiger partial charge in [0.05, 0.1) is 17.8 Å². The molecule has 1 aliphatic rings. The van der Waals surface area contributed by atoms with Gasteiger partial charge < -0.3 is 20.5 Å². The van der Waals surface area contributed by atoms with Gasteiger partial charge in [-0.25, -0.2) is 4.79 Å². The van der Waals surface area contributed by atoms with Crippen LogP contribution in [0.1, 0.15) is 48.5 Å². The molecule has 0 saturated carbocycles. The SMILES string of the molecule is CC(C)CNC(=O)C(=O)Nc1sc2c(c1C(=O)O)CC(C)(C)OC2. The molecule has 2 amide bonds. The third kappa shape index (κ3) is 4.12. The summed E-state index contributed by atoms with van der Waals surface area (Å²) in [6.07, 6.45) is 0.440. The molecule has 0 fully saturated rings. The highest BCUT2D eigenvalue weighted by Crippen LogP contribution is 2.40. The molecular weight excluding hydrogens is 332 g/mol. The van der Waals surface area contributed by atoms with Crippen LogP contribution in [-0.4, -0.2) is 35.0 Å². The first-order valence-corrected chi connectivity index (χ1v) is 8.53. The molecule has 0 bridgehead atoms. The summed E-state index contributed by atoms with van der Waals surface area (Å²) in [5.74, 6) is -2.55. The minimum Gasteiger partial charge on any atom is -0.478 e. The van der Waals surface area contributed by atoms with Crippen molar-refractivity contribution in [3.8, 4) is 0 Å². The number of carboxylic acids is 1. The Morgan fingerprint density at radius 3 is 2.54 bits per heavy atom. The molecule has 0 radical (unpaired) electrons. The van der Waals surface area contributed by atoms with Crippen LogP contribution in [0.5, 0.6) is 0 Å². The first kappa shape index (κ1) is 18.4. The van der Waals surface area contributed by atoms with Gasteiger partial charge in [0.2, 0.25) is 0 Å². The van der Waals surface area contributed by atoms with Crippen LogP contribution >= 0.6 is 11.3 Å². The standard InChI is InChI=1S/C16H22N2O5S/c1-8(2)6-17-12(19)13(20)18-14-11(15(21)22)9-5-16(3,4)23-7-10(9)24-14/h8H,5-7H2,1-4H3,(H,17,19)(H,18,20)(H,21,22). The van der Waals surface area contributed by atoms with Gasteiger partial charge in [-0.3, -0.25) is 9.59 Å². The van der Waals surface area contributed by atoms with Crippen LogP contribution in [0.3, 0.4) is 0 Å². The number of anilines is 1. The summed E-state index contributed by atoms with van der Waals surface area (Å²) in [4.78, 5) is 36.2. The summed E-state index contributed by atoms with van der Waals surface area (Å²) in [5.41, 5.74) is 0.256. The van der Waals surface area contributed by atoms with Crippen molar-refractivity contribution in [2.75, 3.05) is 11.9 Å². The molecule has 7 nitrogen and oxygen atoms in total. The Kier molecular flexibility index (Phi) is 5.29. The van der Waals surface area contributed by atoms with Gasteiger partial charge >= 0.3 is 17.8 Å². The van der Waals surface area contributed by atoms with Crippen LogP contribution in [0, 0.1) is 5.92 Å². The van der Waals surface area contributed by atoms with E-state index in [9.17, 15) is 19.5 Å². The normalized spacial score (nSPS) is 15.7. The number of ether oxygens (including phenoxy) is 1. The van der Waals surface area contributed by atoms with Crippen LogP contribution in [0.2, 0.25) is 0 Å². The fraction of sp³-hybridized carbons (Fsp3) is 0.562. The zero-order valence-corrected chi connectivity index (χ0v) is 15.0. The molecule has 0 aliphatic carbocycles. The Hall–Kier alpha value is -1.93. The number of aromatic carboxylic acids is 1. The molecule has 2 heterocycles. The molecule has 2 rings (SSSR count). The van der Waals surface area contributed by atoms with Crippen molar-refractivity contribution in [3.05, 3.63) is 16.0 Å². The quantitative estimate of drug-likeness (QED) is 0.718. The number of fused-ring (bicyclic) bond motifs is 1. The number of amides is 2. The number of thiophene rings is 1. The Labute approximate surface area is 144 Å². The Bertz CT molecular complexity index is 678. The molecule has 8 heteroatoms. The van der Waals surface area contributed by atoms with E-state index >= 15 is 0 Å². The first-order valence-electron chi connectivity index (χ1n) is 7.71. The maximum atomic E-state index is 12.0. The average Bonchev–Trinajstić information content (AvgIpc) is 2.80. The Morgan fingerprint density at radius 1 is 1.29 bits per heavy atom. The number of rotatable bonds is 4. The summed E-state index contributed by atoms with van der Waals surface area (Å²) in [6, 6.07) is 0. The molecule has 0 unspecified atom stereocenters. The number of carboxylic acid groups (broad SMARTS) is 1. The molecule has 0 spiro atoms. The molecule has 3 N–H and O–H groups in total. The number of carbonyl (C=O) groups excluding carboxylic acids is 2. The van der Waals surface area contributed by atoms with Crippen molar-refractivity contribution in [3.63, 3.8) is 0 Å². The minimum atomic E-state index is -1.12. The first-order chi connectivity index (χ1) is 11.1. The average molecular weight is 354 g/mol. The lowest BCUT2D eigenvalue weighted by Crippen LogP contribution is -2.37. The maximum absolute atomic E-state index is 12.0. The molecule has 0 aromatic carbocycles. The Balaban J connectivity index is 2.22. The summed E-state index contributed by atoms with van der Waals surface area (Å²) < 4.78 is 5.68. The van der Waals surface area contributed by atoms with Crippen LogP contribution in [0.15, 0.2) is 0 Å². The molecule has 0 saturated heterocycles. The summed E-state index contributed by atoms with van der Waals surface area (Å²) >= 11 is 1.14. The van der Waals surface area contributed by atoms with E-state index < -0.39 is 23.4 Å². The van der Waals surface area contributed by atoms with Gasteiger partial charge in [-0.2, -0.15) is 0 Å². The van der Waals surface area contributed by atoms with Gasteiger partial charge in [0.25, 0.3) is 0 Å². The zero-order valence-electron chi connectivity index (χ0n) is 14.2. The topological polar surface area (TPSA) is 105 Å². The van der Waals surface area contributed by atoms with E-state index in [1.165, 1.54) is 0 Å². The van der Waals surface area contributed by atoms with Crippen LogP contribution in [-0.2, 0) is 27.4 Å². The molecule has 1 aromatic rings. The fourth-order valence-electron chi connectivity index (χ4n) is 2.40. The van der Waals surface area contributed by atoms with E-state index in [2.05, 4.69) is 10.6 Å². The number of nitrogens with one attached hydrogen (secondary N) is 2. The number of hydrogen-bond acceptors (Lipinski definition) is 5. The van der Waals surface area contributed by atoms with Gasteiger partial charge in [-0.1, -0.05) is 13.8 Å². The van der Waals surface area contributed by atoms with Crippen LogP contribution in [0.25, 0.3) is 0 Å². The highest BCUT2D eigenvalue weighted by molar-refractivity contribution is 7.17. The monoisotopic (exact) mass is 354 g/mol. The van der Waals surface area contributed by atoms with Crippen molar-refractivity contribution < 1.29 is 24.2 Å². The van der Waals surface area contributed by atoms with E-state index in [1.54, 1.807) is 0 Å². The lowest BCUT2D eigenvalue weighted by molar-refractivity contribution is -0.136. The predicted octanol–water partition coefficient (Wildman–Crippen LogP) is 2.01. The van der Waals surface area contributed by atoms with E-state index in [0.29, 0.717) is 25.1 Å².